The number of nitrogens with zero attached hydrogens (tertiary/aromatic N) is 2. The average molecular weight is 539 g/mol. The molecule has 1 amide bonds. The maximum atomic E-state index is 12.6. The zero-order valence-corrected chi connectivity index (χ0v) is 24.7. The second kappa shape index (κ2) is 14.3. The number of halogens is 1. The van der Waals surface area contributed by atoms with Crippen molar-refractivity contribution in [3.63, 3.8) is 0 Å². The van der Waals surface area contributed by atoms with Gasteiger partial charge in [0.05, 0.1) is 27.5 Å². The summed E-state index contributed by atoms with van der Waals surface area (Å²) in [6, 6.07) is 17.7. The molecule has 2 atom stereocenters. The van der Waals surface area contributed by atoms with Crippen molar-refractivity contribution in [1.82, 2.24) is 9.88 Å². The van der Waals surface area contributed by atoms with E-state index in [4.69, 9.17) is 11.6 Å². The van der Waals surface area contributed by atoms with Gasteiger partial charge in [0.1, 0.15) is 0 Å². The van der Waals surface area contributed by atoms with E-state index in [-0.39, 0.29) is 47.9 Å². The zero-order chi connectivity index (χ0) is 24.7. The predicted octanol–water partition coefficient (Wildman–Crippen LogP) is 3.59. The molecule has 0 aliphatic rings. The normalized spacial score (nSPS) is 12.8. The molecular weight excluding hydrogens is 511 g/mol. The van der Waals surface area contributed by atoms with E-state index >= 15 is 0 Å². The minimum Gasteiger partial charge on any atom is -1.00 e. The molecule has 0 fully saturated rings. The summed E-state index contributed by atoms with van der Waals surface area (Å²) >= 11 is 9.19. The van der Waals surface area contributed by atoms with Crippen LogP contribution in [-0.4, -0.2) is 52.0 Å². The van der Waals surface area contributed by atoms with Gasteiger partial charge in [-0.15, -0.1) is 23.5 Å². The molecule has 0 bridgehead atoms. The first kappa shape index (κ1) is 29.7. The van der Waals surface area contributed by atoms with Crippen molar-refractivity contribution in [2.75, 3.05) is 19.8 Å². The molecule has 1 N–H and O–H groups in total. The summed E-state index contributed by atoms with van der Waals surface area (Å²) in [7, 11) is 3.31. The Labute approximate surface area is 243 Å². The van der Waals surface area contributed by atoms with E-state index in [1.165, 1.54) is 16.7 Å². The summed E-state index contributed by atoms with van der Waals surface area (Å²) in [5, 5.41) is 10.4. The minimum atomic E-state index is -0.978. The number of amides is 1. The van der Waals surface area contributed by atoms with E-state index in [9.17, 15) is 14.7 Å². The average Bonchev–Trinajstić information content (AvgIpc) is 2.81. The molecule has 0 saturated carbocycles. The van der Waals surface area contributed by atoms with Crippen molar-refractivity contribution >= 4 is 70.1 Å². The van der Waals surface area contributed by atoms with Gasteiger partial charge in [0.2, 0.25) is 5.91 Å². The molecular formula is C26H28ClN2NaO3S2. The Bertz CT molecular complexity index is 1210. The molecule has 2 unspecified atom stereocenters. The van der Waals surface area contributed by atoms with Gasteiger partial charge in [-0.05, 0) is 47.2 Å². The van der Waals surface area contributed by atoms with E-state index in [1.54, 1.807) is 25.9 Å². The van der Waals surface area contributed by atoms with Crippen LogP contribution in [0.1, 0.15) is 36.2 Å². The predicted molar refractivity (Wildman–Crippen MR) is 146 cm³/mol. The summed E-state index contributed by atoms with van der Waals surface area (Å²) < 4.78 is -0.0625. The standard InChI is InChI=1S/C26H27ClN2O3S2.Na.H/c1-4-33-26(34-23(16-24(30)31)25(32)29(2)3)19-7-5-6-17(14-19)8-12-21-13-10-18-9-11-20(27)15-22(18)28-21;;/h5-15,23,26H,4,16H2,1-3H3,(H,30,31);;/q;+1;-1/b12-8+;;. The van der Waals surface area contributed by atoms with Crippen LogP contribution in [0.4, 0.5) is 0 Å². The molecule has 35 heavy (non-hydrogen) atoms. The SMILES string of the molecule is CCSC(SC(CC(=O)O)C(=O)N(C)C)c1cccc(/C=C/c2ccc3ccc(Cl)cc3n2)c1.[H-].[Na+]. The molecule has 0 radical (unpaired) electrons. The number of pyridine rings is 1. The zero-order valence-electron chi connectivity index (χ0n) is 21.3. The number of aliphatic carboxylic acids is 1. The number of hydrogen-bond donors (Lipinski definition) is 1. The van der Waals surface area contributed by atoms with Crippen LogP contribution in [-0.2, 0) is 9.59 Å². The molecule has 1 aromatic heterocycles. The van der Waals surface area contributed by atoms with Crippen molar-refractivity contribution in [2.45, 2.75) is 23.2 Å². The first-order valence-corrected chi connectivity index (χ1v) is 13.2. The molecule has 0 aliphatic carbocycles. The Balaban J connectivity index is 0.00000324. The van der Waals surface area contributed by atoms with Gasteiger partial charge in [0.15, 0.2) is 0 Å². The van der Waals surface area contributed by atoms with E-state index in [1.807, 2.05) is 60.7 Å². The number of rotatable bonds is 10. The van der Waals surface area contributed by atoms with E-state index in [2.05, 4.69) is 18.0 Å². The number of hydrogen-bond acceptors (Lipinski definition) is 5. The number of carboxylic acid groups (broad SMARTS) is 1. The number of aromatic nitrogens is 1. The van der Waals surface area contributed by atoms with Crippen LogP contribution in [0.2, 0.25) is 5.02 Å². The molecule has 0 spiro atoms. The Morgan fingerprint density at radius 1 is 1.14 bits per heavy atom. The van der Waals surface area contributed by atoms with Crippen LogP contribution in [0.25, 0.3) is 23.1 Å². The summed E-state index contributed by atoms with van der Waals surface area (Å²) in [5.41, 5.74) is 3.71. The molecule has 3 aromatic rings. The van der Waals surface area contributed by atoms with Crippen molar-refractivity contribution < 1.29 is 45.7 Å². The Hall–Kier alpha value is -1.48. The van der Waals surface area contributed by atoms with Crippen LogP contribution in [0.5, 0.6) is 0 Å². The van der Waals surface area contributed by atoms with Crippen molar-refractivity contribution in [3.05, 3.63) is 76.4 Å². The topological polar surface area (TPSA) is 70.5 Å². The first-order chi connectivity index (χ1) is 16.3. The fourth-order valence-electron chi connectivity index (χ4n) is 3.34. The molecule has 3 rings (SSSR count). The molecule has 1 heterocycles. The maximum absolute atomic E-state index is 12.6. The number of thioether (sulfide) groups is 2. The largest absolute Gasteiger partial charge is 1.00 e. The molecule has 2 aromatic carbocycles. The third-order valence-corrected chi connectivity index (χ3v) is 8.09. The van der Waals surface area contributed by atoms with Crippen LogP contribution in [0.3, 0.4) is 0 Å². The summed E-state index contributed by atoms with van der Waals surface area (Å²) in [4.78, 5) is 30.1. The van der Waals surface area contributed by atoms with Crippen LogP contribution < -0.4 is 29.6 Å². The fourth-order valence-corrected chi connectivity index (χ4v) is 6.45. The van der Waals surface area contributed by atoms with Gasteiger partial charge in [0.25, 0.3) is 0 Å². The summed E-state index contributed by atoms with van der Waals surface area (Å²) in [6.45, 7) is 2.06. The van der Waals surface area contributed by atoms with Crippen LogP contribution in [0, 0.1) is 0 Å². The van der Waals surface area contributed by atoms with E-state index < -0.39 is 11.2 Å². The van der Waals surface area contributed by atoms with Gasteiger partial charge in [-0.2, -0.15) is 0 Å². The third kappa shape index (κ3) is 8.85. The van der Waals surface area contributed by atoms with Gasteiger partial charge in [-0.25, -0.2) is 4.98 Å². The summed E-state index contributed by atoms with van der Waals surface area (Å²) in [5.74, 6) is -0.321. The van der Waals surface area contributed by atoms with Gasteiger partial charge >= 0.3 is 35.5 Å². The molecule has 0 aliphatic heterocycles. The first-order valence-electron chi connectivity index (χ1n) is 10.8. The maximum Gasteiger partial charge on any atom is 1.00 e. The van der Waals surface area contributed by atoms with Gasteiger partial charge in [0, 0.05) is 24.5 Å². The fraction of sp³-hybridized carbons (Fsp3) is 0.269. The second-order valence-corrected chi connectivity index (χ2v) is 11.2. The monoisotopic (exact) mass is 538 g/mol. The van der Waals surface area contributed by atoms with Crippen molar-refractivity contribution in [3.8, 4) is 0 Å². The number of carboxylic acids is 1. The quantitative estimate of drug-likeness (QED) is 0.314. The van der Waals surface area contributed by atoms with Gasteiger partial charge in [-0.1, -0.05) is 54.9 Å². The molecule has 9 heteroatoms. The Morgan fingerprint density at radius 2 is 1.89 bits per heavy atom. The molecule has 0 saturated heterocycles. The second-order valence-electron chi connectivity index (χ2n) is 7.82. The van der Waals surface area contributed by atoms with Gasteiger partial charge < -0.3 is 11.4 Å². The number of carbonyl (C=O) groups is 2. The van der Waals surface area contributed by atoms with Crippen molar-refractivity contribution in [1.29, 1.82) is 0 Å². The van der Waals surface area contributed by atoms with E-state index in [0.29, 0.717) is 5.02 Å². The molecule has 5 nitrogen and oxygen atoms in total. The van der Waals surface area contributed by atoms with Crippen LogP contribution in [0.15, 0.2) is 54.6 Å². The number of fused-ring (bicyclic) bond motifs is 1. The number of benzene rings is 2. The third-order valence-electron chi connectivity index (χ3n) is 4.99. The minimum absolute atomic E-state index is 0. The smallest absolute Gasteiger partial charge is 1.00 e. The Morgan fingerprint density at radius 3 is 2.57 bits per heavy atom. The van der Waals surface area contributed by atoms with Crippen LogP contribution >= 0.6 is 35.1 Å². The number of carbonyl (C=O) groups excluding carboxylic acids is 1. The van der Waals surface area contributed by atoms with Crippen molar-refractivity contribution in [2.24, 2.45) is 0 Å². The van der Waals surface area contributed by atoms with E-state index in [0.717, 1.165) is 33.5 Å². The van der Waals surface area contributed by atoms with Gasteiger partial charge in [-0.3, -0.25) is 9.59 Å². The summed E-state index contributed by atoms with van der Waals surface area (Å²) in [6.07, 6.45) is 3.75. The molecule has 180 valence electrons. The Kier molecular flexibility index (Phi) is 12.2.